The SMILES string of the molecule is COC(=O)c1cnc(C#N)c(C(F)F)c1N. The number of carbonyl (C=O) groups is 1. The summed E-state index contributed by atoms with van der Waals surface area (Å²) in [4.78, 5) is 14.6. The highest BCUT2D eigenvalue weighted by atomic mass is 19.3. The van der Waals surface area contributed by atoms with Gasteiger partial charge in [-0.25, -0.2) is 18.6 Å². The van der Waals surface area contributed by atoms with Crippen LogP contribution in [-0.2, 0) is 4.74 Å². The Balaban J connectivity index is 3.45. The van der Waals surface area contributed by atoms with E-state index in [-0.39, 0.29) is 5.56 Å². The van der Waals surface area contributed by atoms with Crippen molar-refractivity contribution in [3.63, 3.8) is 0 Å². The molecule has 0 radical (unpaired) electrons. The van der Waals surface area contributed by atoms with Crippen LogP contribution in [0.25, 0.3) is 0 Å². The number of aromatic nitrogens is 1. The lowest BCUT2D eigenvalue weighted by molar-refractivity contribution is 0.0601. The van der Waals surface area contributed by atoms with Crippen molar-refractivity contribution < 1.29 is 18.3 Å². The molecule has 1 heterocycles. The number of pyridine rings is 1. The first-order chi connectivity index (χ1) is 7.52. The van der Waals surface area contributed by atoms with Crippen LogP contribution in [0.15, 0.2) is 6.20 Å². The summed E-state index contributed by atoms with van der Waals surface area (Å²) in [6.45, 7) is 0. The second-order valence-electron chi connectivity index (χ2n) is 2.75. The minimum absolute atomic E-state index is 0.281. The number of esters is 1. The van der Waals surface area contributed by atoms with Gasteiger partial charge >= 0.3 is 5.97 Å². The second-order valence-corrected chi connectivity index (χ2v) is 2.75. The standard InChI is InChI=1S/C9H7F2N3O2/c1-16-9(15)4-3-14-5(2-12)6(7(4)13)8(10)11/h3,8H,1H3,(H2,13,14). The van der Waals surface area contributed by atoms with E-state index in [1.807, 2.05) is 0 Å². The van der Waals surface area contributed by atoms with Crippen LogP contribution in [-0.4, -0.2) is 18.1 Å². The van der Waals surface area contributed by atoms with E-state index in [0.717, 1.165) is 13.3 Å². The van der Waals surface area contributed by atoms with Crippen LogP contribution < -0.4 is 5.73 Å². The van der Waals surface area contributed by atoms with Gasteiger partial charge in [0.2, 0.25) is 0 Å². The van der Waals surface area contributed by atoms with E-state index < -0.39 is 29.3 Å². The summed E-state index contributed by atoms with van der Waals surface area (Å²) in [5, 5.41) is 8.56. The zero-order valence-electron chi connectivity index (χ0n) is 8.20. The number of hydrogen-bond acceptors (Lipinski definition) is 5. The number of hydrogen-bond donors (Lipinski definition) is 1. The number of ether oxygens (including phenoxy) is 1. The Kier molecular flexibility index (Phi) is 3.35. The van der Waals surface area contributed by atoms with Crippen molar-refractivity contribution in [2.24, 2.45) is 0 Å². The van der Waals surface area contributed by atoms with Crippen molar-refractivity contribution in [2.75, 3.05) is 12.8 Å². The predicted molar refractivity (Wildman–Crippen MR) is 49.7 cm³/mol. The molecule has 0 saturated heterocycles. The molecule has 0 atom stereocenters. The maximum Gasteiger partial charge on any atom is 0.341 e. The molecule has 0 aliphatic rings. The van der Waals surface area contributed by atoms with Gasteiger partial charge in [0.25, 0.3) is 6.43 Å². The van der Waals surface area contributed by atoms with Crippen molar-refractivity contribution in [1.82, 2.24) is 4.98 Å². The van der Waals surface area contributed by atoms with Gasteiger partial charge in [-0.05, 0) is 0 Å². The zero-order valence-corrected chi connectivity index (χ0v) is 8.20. The zero-order chi connectivity index (χ0) is 12.3. The number of halogens is 2. The average molecular weight is 227 g/mol. The highest BCUT2D eigenvalue weighted by Crippen LogP contribution is 2.29. The normalized spacial score (nSPS) is 9.94. The summed E-state index contributed by atoms with van der Waals surface area (Å²) in [6, 6.07) is 1.48. The van der Waals surface area contributed by atoms with Crippen LogP contribution in [0.2, 0.25) is 0 Å². The Morgan fingerprint density at radius 1 is 1.69 bits per heavy atom. The van der Waals surface area contributed by atoms with Crippen LogP contribution in [0.1, 0.15) is 28.0 Å². The third-order valence-corrected chi connectivity index (χ3v) is 1.89. The summed E-state index contributed by atoms with van der Waals surface area (Å²) in [5.74, 6) is -0.878. The van der Waals surface area contributed by atoms with Gasteiger partial charge in [-0.3, -0.25) is 0 Å². The van der Waals surface area contributed by atoms with E-state index in [0.29, 0.717) is 0 Å². The van der Waals surface area contributed by atoms with E-state index in [4.69, 9.17) is 11.0 Å². The fourth-order valence-corrected chi connectivity index (χ4v) is 1.12. The van der Waals surface area contributed by atoms with Gasteiger partial charge in [0.15, 0.2) is 5.69 Å². The predicted octanol–water partition coefficient (Wildman–Crippen LogP) is 1.26. The number of methoxy groups -OCH3 is 1. The molecule has 0 unspecified atom stereocenters. The molecule has 16 heavy (non-hydrogen) atoms. The second kappa shape index (κ2) is 4.53. The highest BCUT2D eigenvalue weighted by molar-refractivity contribution is 5.95. The molecule has 5 nitrogen and oxygen atoms in total. The van der Waals surface area contributed by atoms with Crippen LogP contribution in [0, 0.1) is 11.3 Å². The molecule has 0 amide bonds. The van der Waals surface area contributed by atoms with Gasteiger partial charge in [0.1, 0.15) is 11.6 Å². The third kappa shape index (κ3) is 1.91. The molecule has 0 fully saturated rings. The minimum atomic E-state index is -2.98. The Morgan fingerprint density at radius 2 is 2.31 bits per heavy atom. The Bertz CT molecular complexity index is 469. The van der Waals surface area contributed by atoms with E-state index in [1.165, 1.54) is 6.07 Å². The molecule has 7 heteroatoms. The third-order valence-electron chi connectivity index (χ3n) is 1.89. The van der Waals surface area contributed by atoms with E-state index in [1.54, 1.807) is 0 Å². The quantitative estimate of drug-likeness (QED) is 0.768. The molecule has 0 aromatic carbocycles. The van der Waals surface area contributed by atoms with E-state index in [2.05, 4.69) is 9.72 Å². The molecule has 84 valence electrons. The Morgan fingerprint density at radius 3 is 2.75 bits per heavy atom. The molecular formula is C9H7F2N3O2. The number of nitriles is 1. The minimum Gasteiger partial charge on any atom is -0.465 e. The van der Waals surface area contributed by atoms with Crippen LogP contribution >= 0.6 is 0 Å². The lowest BCUT2D eigenvalue weighted by Crippen LogP contribution is -2.11. The van der Waals surface area contributed by atoms with Crippen molar-refractivity contribution in [2.45, 2.75) is 6.43 Å². The molecule has 1 rings (SSSR count). The molecule has 0 aliphatic heterocycles. The lowest BCUT2D eigenvalue weighted by Gasteiger charge is -2.09. The summed E-state index contributed by atoms with van der Waals surface area (Å²) >= 11 is 0. The molecule has 1 aromatic rings. The number of nitrogen functional groups attached to an aromatic ring is 1. The molecule has 0 bridgehead atoms. The van der Waals surface area contributed by atoms with Gasteiger partial charge in [-0.15, -0.1) is 0 Å². The topological polar surface area (TPSA) is 89.0 Å². The van der Waals surface area contributed by atoms with Crippen molar-refractivity contribution >= 4 is 11.7 Å². The molecule has 0 aliphatic carbocycles. The Hall–Kier alpha value is -2.23. The monoisotopic (exact) mass is 227 g/mol. The fraction of sp³-hybridized carbons (Fsp3) is 0.222. The molecule has 0 spiro atoms. The number of anilines is 1. The summed E-state index contributed by atoms with van der Waals surface area (Å²) < 4.78 is 29.5. The van der Waals surface area contributed by atoms with Crippen molar-refractivity contribution in [3.8, 4) is 6.07 Å². The summed E-state index contributed by atoms with van der Waals surface area (Å²) in [5.41, 5.74) is 3.36. The summed E-state index contributed by atoms with van der Waals surface area (Å²) in [7, 11) is 1.09. The highest BCUT2D eigenvalue weighted by Gasteiger charge is 2.23. The van der Waals surface area contributed by atoms with E-state index in [9.17, 15) is 13.6 Å². The molecule has 2 N–H and O–H groups in total. The van der Waals surface area contributed by atoms with Gasteiger partial charge in [0, 0.05) is 6.20 Å². The largest absolute Gasteiger partial charge is 0.465 e. The number of carbonyl (C=O) groups excluding carboxylic acids is 1. The Labute approximate surface area is 89.4 Å². The number of nitrogens with two attached hydrogens (primary N) is 1. The van der Waals surface area contributed by atoms with Crippen molar-refractivity contribution in [1.29, 1.82) is 5.26 Å². The molecule has 1 aromatic heterocycles. The molecular weight excluding hydrogens is 220 g/mol. The fourth-order valence-electron chi connectivity index (χ4n) is 1.12. The van der Waals surface area contributed by atoms with E-state index >= 15 is 0 Å². The maximum atomic E-state index is 12.6. The first-order valence-corrected chi connectivity index (χ1v) is 4.07. The number of alkyl halides is 2. The number of rotatable bonds is 2. The van der Waals surface area contributed by atoms with Gasteiger partial charge in [-0.2, -0.15) is 5.26 Å². The smallest absolute Gasteiger partial charge is 0.341 e. The average Bonchev–Trinajstić information content (AvgIpc) is 2.26. The van der Waals surface area contributed by atoms with Gasteiger partial charge in [-0.1, -0.05) is 0 Å². The van der Waals surface area contributed by atoms with Gasteiger partial charge in [0.05, 0.1) is 18.4 Å². The maximum absolute atomic E-state index is 12.6. The first-order valence-electron chi connectivity index (χ1n) is 4.07. The molecule has 0 saturated carbocycles. The van der Waals surface area contributed by atoms with Crippen LogP contribution in [0.3, 0.4) is 0 Å². The van der Waals surface area contributed by atoms with Gasteiger partial charge < -0.3 is 10.5 Å². The number of nitrogens with zero attached hydrogens (tertiary/aromatic N) is 2. The first kappa shape index (κ1) is 11.8. The lowest BCUT2D eigenvalue weighted by atomic mass is 10.1. The van der Waals surface area contributed by atoms with Crippen molar-refractivity contribution in [3.05, 3.63) is 23.0 Å². The van der Waals surface area contributed by atoms with Crippen LogP contribution in [0.5, 0.6) is 0 Å². The summed E-state index contributed by atoms with van der Waals surface area (Å²) in [6.07, 6.45) is -2.04. The van der Waals surface area contributed by atoms with Crippen LogP contribution in [0.4, 0.5) is 14.5 Å².